The van der Waals surface area contributed by atoms with Crippen molar-refractivity contribution < 1.29 is 4.79 Å². The van der Waals surface area contributed by atoms with E-state index in [4.69, 9.17) is 0 Å². The summed E-state index contributed by atoms with van der Waals surface area (Å²) in [5.41, 5.74) is 0.822. The molecule has 0 saturated carbocycles. The van der Waals surface area contributed by atoms with Crippen LogP contribution in [0.5, 0.6) is 0 Å². The first-order chi connectivity index (χ1) is 12.8. The number of piperazine rings is 1. The van der Waals surface area contributed by atoms with Crippen molar-refractivity contribution in [3.05, 3.63) is 60.2 Å². The maximum Gasteiger partial charge on any atom is 0.255 e. The molecule has 2 aromatic rings. The van der Waals surface area contributed by atoms with Crippen LogP contribution in [0.4, 0.5) is 0 Å². The van der Waals surface area contributed by atoms with Crippen LogP contribution in [0.3, 0.4) is 0 Å². The molecule has 27 heavy (non-hydrogen) atoms. The maximum atomic E-state index is 13.2. The summed E-state index contributed by atoms with van der Waals surface area (Å²) in [6.45, 7) is 6.00. The summed E-state index contributed by atoms with van der Waals surface area (Å²) in [4.78, 5) is 19.9. The van der Waals surface area contributed by atoms with Gasteiger partial charge in [0.2, 0.25) is 0 Å². The van der Waals surface area contributed by atoms with Gasteiger partial charge in [0.15, 0.2) is 0 Å². The SMILES string of the molecule is Cl.O=C(c1ccccc1Sc1ccccc1)N1CCC(N2CCNCC2)C1. The van der Waals surface area contributed by atoms with E-state index >= 15 is 0 Å². The molecule has 1 atom stereocenters. The number of nitrogens with one attached hydrogen (secondary N) is 1. The van der Waals surface area contributed by atoms with Crippen molar-refractivity contribution in [2.45, 2.75) is 22.3 Å². The molecule has 2 saturated heterocycles. The predicted molar refractivity (Wildman–Crippen MR) is 113 cm³/mol. The van der Waals surface area contributed by atoms with E-state index in [0.717, 1.165) is 61.0 Å². The van der Waals surface area contributed by atoms with Gasteiger partial charge in [-0.1, -0.05) is 42.1 Å². The highest BCUT2D eigenvalue weighted by molar-refractivity contribution is 7.99. The van der Waals surface area contributed by atoms with Crippen LogP contribution in [0, 0.1) is 0 Å². The Morgan fingerprint density at radius 2 is 1.67 bits per heavy atom. The molecule has 0 aromatic heterocycles. The first-order valence-electron chi connectivity index (χ1n) is 9.37. The minimum atomic E-state index is 0. The van der Waals surface area contributed by atoms with E-state index in [9.17, 15) is 4.79 Å². The maximum absolute atomic E-state index is 13.2. The molecule has 144 valence electrons. The van der Waals surface area contributed by atoms with Crippen molar-refractivity contribution in [2.75, 3.05) is 39.3 Å². The van der Waals surface area contributed by atoms with Gasteiger partial charge in [-0.3, -0.25) is 9.69 Å². The van der Waals surface area contributed by atoms with Crippen LogP contribution >= 0.6 is 24.2 Å². The van der Waals surface area contributed by atoms with Gasteiger partial charge in [-0.05, 0) is 30.7 Å². The van der Waals surface area contributed by atoms with Gasteiger partial charge in [-0.2, -0.15) is 0 Å². The molecule has 0 spiro atoms. The Bertz CT molecular complexity index is 752. The first-order valence-corrected chi connectivity index (χ1v) is 10.2. The van der Waals surface area contributed by atoms with Gasteiger partial charge in [0.1, 0.15) is 0 Å². The predicted octanol–water partition coefficient (Wildman–Crippen LogP) is 3.38. The van der Waals surface area contributed by atoms with E-state index < -0.39 is 0 Å². The van der Waals surface area contributed by atoms with Crippen molar-refractivity contribution in [3.63, 3.8) is 0 Å². The third-order valence-corrected chi connectivity index (χ3v) is 6.29. The van der Waals surface area contributed by atoms with Crippen LogP contribution in [0.25, 0.3) is 0 Å². The number of benzene rings is 2. The molecule has 2 fully saturated rings. The molecule has 2 aliphatic rings. The fraction of sp³-hybridized carbons (Fsp3) is 0.381. The second-order valence-corrected chi connectivity index (χ2v) is 8.01. The summed E-state index contributed by atoms with van der Waals surface area (Å²) in [5.74, 6) is 0.168. The molecule has 2 heterocycles. The van der Waals surface area contributed by atoms with E-state index in [0.29, 0.717) is 6.04 Å². The second kappa shape index (κ2) is 9.60. The van der Waals surface area contributed by atoms with Crippen LogP contribution in [0.15, 0.2) is 64.4 Å². The zero-order valence-corrected chi connectivity index (χ0v) is 17.0. The van der Waals surface area contributed by atoms with Crippen molar-refractivity contribution >= 4 is 30.1 Å². The molecule has 0 bridgehead atoms. The standard InChI is InChI=1S/C21H25N3OS.ClH/c25-21(24-13-10-17(16-24)23-14-11-22-12-15-23)19-8-4-5-9-20(19)26-18-6-2-1-3-7-18;/h1-9,17,22H,10-16H2;1H. The number of nitrogens with zero attached hydrogens (tertiary/aromatic N) is 2. The summed E-state index contributed by atoms with van der Waals surface area (Å²) >= 11 is 1.66. The lowest BCUT2D eigenvalue weighted by Crippen LogP contribution is -2.49. The molecule has 4 nitrogen and oxygen atoms in total. The number of hydrogen-bond donors (Lipinski definition) is 1. The molecule has 1 N–H and O–H groups in total. The normalized spacial score (nSPS) is 20.3. The second-order valence-electron chi connectivity index (χ2n) is 6.89. The van der Waals surface area contributed by atoms with Crippen molar-refractivity contribution in [1.29, 1.82) is 0 Å². The lowest BCUT2D eigenvalue weighted by atomic mass is 10.2. The number of carbonyl (C=O) groups is 1. The molecule has 2 aromatic carbocycles. The Labute approximate surface area is 171 Å². The number of carbonyl (C=O) groups excluding carboxylic acids is 1. The average molecular weight is 404 g/mol. The van der Waals surface area contributed by atoms with Crippen LogP contribution in [0.1, 0.15) is 16.8 Å². The van der Waals surface area contributed by atoms with Crippen LogP contribution in [-0.4, -0.2) is 61.0 Å². The number of likely N-dealkylation sites (tertiary alicyclic amines) is 1. The summed E-state index contributed by atoms with van der Waals surface area (Å²) in [5, 5.41) is 3.40. The van der Waals surface area contributed by atoms with Crippen molar-refractivity contribution in [2.24, 2.45) is 0 Å². The highest BCUT2D eigenvalue weighted by Gasteiger charge is 2.32. The largest absolute Gasteiger partial charge is 0.337 e. The van der Waals surface area contributed by atoms with Crippen LogP contribution in [0.2, 0.25) is 0 Å². The van der Waals surface area contributed by atoms with E-state index in [1.807, 2.05) is 41.3 Å². The third kappa shape index (κ3) is 4.85. The van der Waals surface area contributed by atoms with Gasteiger partial charge in [0.25, 0.3) is 5.91 Å². The number of halogens is 1. The van der Waals surface area contributed by atoms with Gasteiger partial charge >= 0.3 is 0 Å². The van der Waals surface area contributed by atoms with E-state index in [1.54, 1.807) is 11.8 Å². The quantitative estimate of drug-likeness (QED) is 0.848. The molecule has 1 amide bonds. The molecule has 1 unspecified atom stereocenters. The first kappa shape index (κ1) is 20.2. The van der Waals surface area contributed by atoms with E-state index in [1.165, 1.54) is 0 Å². The highest BCUT2D eigenvalue weighted by Crippen LogP contribution is 2.31. The Morgan fingerprint density at radius 3 is 2.44 bits per heavy atom. The molecule has 2 aliphatic heterocycles. The number of hydrogen-bond acceptors (Lipinski definition) is 4. The Morgan fingerprint density at radius 1 is 0.963 bits per heavy atom. The number of amides is 1. The summed E-state index contributed by atoms with van der Waals surface area (Å²) in [6, 6.07) is 18.8. The van der Waals surface area contributed by atoms with Gasteiger partial charge in [0.05, 0.1) is 5.56 Å². The smallest absolute Gasteiger partial charge is 0.255 e. The van der Waals surface area contributed by atoms with Crippen LogP contribution in [-0.2, 0) is 0 Å². The molecular formula is C21H26ClN3OS. The average Bonchev–Trinajstić information content (AvgIpc) is 3.20. The summed E-state index contributed by atoms with van der Waals surface area (Å²) in [6.07, 6.45) is 1.08. The molecular weight excluding hydrogens is 378 g/mol. The number of rotatable bonds is 4. The lowest BCUT2D eigenvalue weighted by Gasteiger charge is -2.32. The molecule has 0 radical (unpaired) electrons. The highest BCUT2D eigenvalue weighted by atomic mass is 35.5. The zero-order valence-electron chi connectivity index (χ0n) is 15.3. The molecule has 0 aliphatic carbocycles. The van der Waals surface area contributed by atoms with Crippen molar-refractivity contribution in [3.8, 4) is 0 Å². The van der Waals surface area contributed by atoms with Gasteiger partial charge in [0, 0.05) is 55.1 Å². The topological polar surface area (TPSA) is 35.6 Å². The van der Waals surface area contributed by atoms with E-state index in [-0.39, 0.29) is 18.3 Å². The van der Waals surface area contributed by atoms with Gasteiger partial charge in [-0.15, -0.1) is 12.4 Å². The summed E-state index contributed by atoms with van der Waals surface area (Å²) in [7, 11) is 0. The minimum absolute atomic E-state index is 0. The summed E-state index contributed by atoms with van der Waals surface area (Å²) < 4.78 is 0. The lowest BCUT2D eigenvalue weighted by molar-refractivity contribution is 0.0770. The van der Waals surface area contributed by atoms with Gasteiger partial charge in [-0.25, -0.2) is 0 Å². The fourth-order valence-corrected chi connectivity index (χ4v) is 4.75. The minimum Gasteiger partial charge on any atom is -0.337 e. The molecule has 4 rings (SSSR count). The van der Waals surface area contributed by atoms with E-state index in [2.05, 4.69) is 28.4 Å². The Balaban J connectivity index is 0.00000210. The van der Waals surface area contributed by atoms with Crippen LogP contribution < -0.4 is 5.32 Å². The Kier molecular flexibility index (Phi) is 7.19. The monoisotopic (exact) mass is 403 g/mol. The van der Waals surface area contributed by atoms with Crippen molar-refractivity contribution in [1.82, 2.24) is 15.1 Å². The molecule has 6 heteroatoms. The van der Waals surface area contributed by atoms with Gasteiger partial charge < -0.3 is 10.2 Å². The Hall–Kier alpha value is -1.53. The zero-order chi connectivity index (χ0) is 17.8. The fourth-order valence-electron chi connectivity index (χ4n) is 3.79. The third-order valence-electron chi connectivity index (χ3n) is 5.21.